The maximum Gasteiger partial charge on any atom is 0.278 e. The first-order valence-corrected chi connectivity index (χ1v) is 11.3. The normalized spacial score (nSPS) is 22.4. The Morgan fingerprint density at radius 1 is 1.38 bits per heavy atom. The monoisotopic (exact) mass is 350 g/mol. The molecule has 1 N–H and O–H groups in total. The Bertz CT molecular complexity index is 777. The van der Waals surface area contributed by atoms with E-state index < -0.39 is 8.32 Å². The van der Waals surface area contributed by atoms with Crippen molar-refractivity contribution < 1.29 is 9.16 Å². The van der Waals surface area contributed by atoms with Crippen LogP contribution in [0.15, 0.2) is 17.4 Å². The number of rotatable bonds is 4. The Morgan fingerprint density at radius 3 is 2.83 bits per heavy atom. The summed E-state index contributed by atoms with van der Waals surface area (Å²) in [4.78, 5) is 22.7. The van der Waals surface area contributed by atoms with Crippen molar-refractivity contribution in [2.75, 3.05) is 6.61 Å². The van der Waals surface area contributed by atoms with Crippen LogP contribution in [0.2, 0.25) is 18.1 Å². The molecule has 0 aliphatic carbocycles. The van der Waals surface area contributed by atoms with E-state index in [0.717, 1.165) is 12.8 Å². The van der Waals surface area contributed by atoms with Gasteiger partial charge in [0.2, 0.25) is 0 Å². The van der Waals surface area contributed by atoms with E-state index in [9.17, 15) is 4.79 Å². The second kappa shape index (κ2) is 6.09. The quantitative estimate of drug-likeness (QED) is 0.858. The molecule has 24 heavy (non-hydrogen) atoms. The lowest BCUT2D eigenvalue weighted by molar-refractivity contribution is -0.0182. The van der Waals surface area contributed by atoms with E-state index in [1.165, 1.54) is 6.33 Å². The summed E-state index contributed by atoms with van der Waals surface area (Å²) in [5, 5.41) is 0.191. The number of H-pyrrole nitrogens is 1. The van der Waals surface area contributed by atoms with Crippen molar-refractivity contribution >= 4 is 19.5 Å². The molecule has 1 fully saturated rings. The topological polar surface area (TPSA) is 82.0 Å². The van der Waals surface area contributed by atoms with Crippen LogP contribution >= 0.6 is 0 Å². The van der Waals surface area contributed by atoms with Crippen molar-refractivity contribution in [1.82, 2.24) is 19.5 Å². The highest BCUT2D eigenvalue weighted by Crippen LogP contribution is 2.37. The first kappa shape index (κ1) is 17.3. The summed E-state index contributed by atoms with van der Waals surface area (Å²) in [5.74, 6) is 0. The summed E-state index contributed by atoms with van der Waals surface area (Å²) in [7, 11) is -1.77. The van der Waals surface area contributed by atoms with E-state index in [-0.39, 0.29) is 22.9 Å². The maximum absolute atomic E-state index is 11.8. The fraction of sp³-hybridized carbons (Fsp3) is 0.688. The minimum absolute atomic E-state index is 0.0728. The van der Waals surface area contributed by atoms with Gasteiger partial charge in [0, 0.05) is 0 Å². The minimum Gasteiger partial charge on any atom is -0.414 e. The van der Waals surface area contributed by atoms with Crippen LogP contribution < -0.4 is 5.56 Å². The smallest absolute Gasteiger partial charge is 0.278 e. The fourth-order valence-electron chi connectivity index (χ4n) is 2.61. The third-order valence-corrected chi connectivity index (χ3v) is 9.70. The standard InChI is InChI=1S/C16H26N4O3Si/c1-16(2,3)24(4,5)22-8-11-6-7-12(23-11)20-10-19-13-14(20)17-9-18-15(13)21/h9-12H,6-8H2,1-5H3,(H,17,18,21)/t11-,12-/m0/s1. The predicted octanol–water partition coefficient (Wildman–Crippen LogP) is 2.82. The van der Waals surface area contributed by atoms with E-state index in [0.29, 0.717) is 17.8 Å². The number of nitrogens with zero attached hydrogens (tertiary/aromatic N) is 3. The van der Waals surface area contributed by atoms with Crippen molar-refractivity contribution in [3.8, 4) is 0 Å². The number of imidazole rings is 1. The van der Waals surface area contributed by atoms with Crippen molar-refractivity contribution in [1.29, 1.82) is 0 Å². The molecule has 1 aliphatic heterocycles. The Labute approximate surface area is 142 Å². The molecule has 7 nitrogen and oxygen atoms in total. The zero-order valence-corrected chi connectivity index (χ0v) is 16.0. The Hall–Kier alpha value is -1.51. The molecular weight excluding hydrogens is 324 g/mol. The van der Waals surface area contributed by atoms with Crippen LogP contribution in [0.1, 0.15) is 39.8 Å². The molecule has 2 aromatic heterocycles. The summed E-state index contributed by atoms with van der Waals surface area (Å²) in [6.07, 6.45) is 4.76. The summed E-state index contributed by atoms with van der Waals surface area (Å²) in [5.41, 5.74) is 0.686. The van der Waals surface area contributed by atoms with E-state index in [4.69, 9.17) is 9.16 Å². The average Bonchev–Trinajstić information content (AvgIpc) is 3.10. The van der Waals surface area contributed by atoms with Gasteiger partial charge in [-0.1, -0.05) is 20.8 Å². The third-order valence-electron chi connectivity index (χ3n) is 5.20. The van der Waals surface area contributed by atoms with Crippen LogP contribution in [0.25, 0.3) is 11.2 Å². The van der Waals surface area contributed by atoms with Gasteiger partial charge in [-0.3, -0.25) is 9.36 Å². The molecule has 0 amide bonds. The van der Waals surface area contributed by atoms with Crippen LogP contribution in [0.4, 0.5) is 0 Å². The molecule has 0 radical (unpaired) electrons. The van der Waals surface area contributed by atoms with Crippen molar-refractivity contribution in [3.63, 3.8) is 0 Å². The van der Waals surface area contributed by atoms with E-state index in [2.05, 4.69) is 48.8 Å². The van der Waals surface area contributed by atoms with Gasteiger partial charge in [0.25, 0.3) is 5.56 Å². The van der Waals surface area contributed by atoms with Gasteiger partial charge in [-0.2, -0.15) is 0 Å². The molecule has 0 spiro atoms. The van der Waals surface area contributed by atoms with Crippen LogP contribution in [0.3, 0.4) is 0 Å². The number of aromatic nitrogens is 4. The first-order valence-electron chi connectivity index (χ1n) is 8.39. The molecule has 0 bridgehead atoms. The maximum atomic E-state index is 11.8. The molecule has 3 heterocycles. The molecule has 0 saturated carbocycles. The minimum atomic E-state index is -1.77. The highest BCUT2D eigenvalue weighted by molar-refractivity contribution is 6.74. The Kier molecular flexibility index (Phi) is 4.39. The second-order valence-electron chi connectivity index (χ2n) is 7.92. The number of nitrogens with one attached hydrogen (secondary N) is 1. The molecule has 132 valence electrons. The molecule has 2 atom stereocenters. The van der Waals surface area contributed by atoms with Gasteiger partial charge in [-0.25, -0.2) is 9.97 Å². The van der Waals surface area contributed by atoms with Gasteiger partial charge in [-0.15, -0.1) is 0 Å². The third kappa shape index (κ3) is 3.18. The molecule has 1 saturated heterocycles. The Morgan fingerprint density at radius 2 is 2.12 bits per heavy atom. The lowest BCUT2D eigenvalue weighted by Gasteiger charge is -2.36. The molecule has 0 aromatic carbocycles. The van der Waals surface area contributed by atoms with E-state index in [1.54, 1.807) is 6.33 Å². The number of aromatic amines is 1. The zero-order valence-electron chi connectivity index (χ0n) is 15.0. The lowest BCUT2D eigenvalue weighted by Crippen LogP contribution is -2.42. The largest absolute Gasteiger partial charge is 0.414 e. The van der Waals surface area contributed by atoms with Crippen LogP contribution in [0, 0.1) is 0 Å². The molecular formula is C16H26N4O3Si. The number of hydrogen-bond acceptors (Lipinski definition) is 5. The number of fused-ring (bicyclic) bond motifs is 1. The lowest BCUT2D eigenvalue weighted by atomic mass is 10.2. The van der Waals surface area contributed by atoms with Crippen LogP contribution in [-0.2, 0) is 9.16 Å². The van der Waals surface area contributed by atoms with Gasteiger partial charge in [0.1, 0.15) is 6.23 Å². The van der Waals surface area contributed by atoms with Gasteiger partial charge in [0.15, 0.2) is 19.5 Å². The average molecular weight is 350 g/mol. The number of hydrogen-bond donors (Lipinski definition) is 1. The molecule has 1 aliphatic rings. The van der Waals surface area contributed by atoms with Crippen LogP contribution in [-0.4, -0.2) is 40.5 Å². The molecule has 2 aromatic rings. The molecule has 0 unspecified atom stereocenters. The van der Waals surface area contributed by atoms with Gasteiger partial charge in [-0.05, 0) is 31.0 Å². The van der Waals surface area contributed by atoms with Crippen LogP contribution in [0.5, 0.6) is 0 Å². The molecule has 3 rings (SSSR count). The second-order valence-corrected chi connectivity index (χ2v) is 12.7. The van der Waals surface area contributed by atoms with E-state index in [1.807, 2.05) is 4.57 Å². The Balaban J connectivity index is 1.67. The van der Waals surface area contributed by atoms with Gasteiger partial charge < -0.3 is 14.1 Å². The van der Waals surface area contributed by atoms with Gasteiger partial charge >= 0.3 is 0 Å². The SMILES string of the molecule is CC(C)(C)[Si](C)(C)OC[C@@H]1CC[C@@H](n2cnc3c(=O)[nH]cnc32)O1. The summed E-state index contributed by atoms with van der Waals surface area (Å²) < 4.78 is 14.2. The summed E-state index contributed by atoms with van der Waals surface area (Å²) in [6, 6.07) is 0. The van der Waals surface area contributed by atoms with Gasteiger partial charge in [0.05, 0.1) is 25.4 Å². The molecule has 8 heteroatoms. The fourth-order valence-corrected chi connectivity index (χ4v) is 3.64. The van der Waals surface area contributed by atoms with Crippen molar-refractivity contribution in [2.24, 2.45) is 0 Å². The first-order chi connectivity index (χ1) is 11.2. The van der Waals surface area contributed by atoms with Crippen molar-refractivity contribution in [3.05, 3.63) is 23.0 Å². The van der Waals surface area contributed by atoms with E-state index >= 15 is 0 Å². The highest BCUT2D eigenvalue weighted by atomic mass is 28.4. The summed E-state index contributed by atoms with van der Waals surface area (Å²) >= 11 is 0. The van der Waals surface area contributed by atoms with Crippen molar-refractivity contribution in [2.45, 2.75) is 64.1 Å². The summed E-state index contributed by atoms with van der Waals surface area (Å²) in [6.45, 7) is 11.8. The highest BCUT2D eigenvalue weighted by Gasteiger charge is 2.38. The number of ether oxygens (including phenoxy) is 1. The predicted molar refractivity (Wildman–Crippen MR) is 94.4 cm³/mol. The zero-order chi connectivity index (χ0) is 17.5.